The molecular formula is C13H14N6O4S2. The average Bonchev–Trinajstić information content (AvgIpc) is 2.91. The van der Waals surface area contributed by atoms with Crippen LogP contribution >= 0.6 is 0 Å². The lowest BCUT2D eigenvalue weighted by Crippen LogP contribution is -2.19. The summed E-state index contributed by atoms with van der Waals surface area (Å²) in [6, 6.07) is 6.96. The van der Waals surface area contributed by atoms with Crippen molar-refractivity contribution in [2.24, 2.45) is 5.14 Å². The van der Waals surface area contributed by atoms with Crippen LogP contribution in [0.15, 0.2) is 40.4 Å². The third-order valence-corrected chi connectivity index (χ3v) is 5.39. The van der Waals surface area contributed by atoms with Gasteiger partial charge in [0.15, 0.2) is 5.65 Å². The van der Waals surface area contributed by atoms with Crippen molar-refractivity contribution < 1.29 is 16.8 Å². The molecule has 0 aliphatic heterocycles. The summed E-state index contributed by atoms with van der Waals surface area (Å²) in [4.78, 5) is 7.80. The van der Waals surface area contributed by atoms with Gasteiger partial charge in [-0.05, 0) is 26.0 Å². The number of aromatic nitrogens is 4. The number of anilines is 1. The maximum absolute atomic E-state index is 12.5. The van der Waals surface area contributed by atoms with Gasteiger partial charge in [-0.2, -0.15) is 17.9 Å². The van der Waals surface area contributed by atoms with Gasteiger partial charge in [0.2, 0.25) is 10.0 Å². The van der Waals surface area contributed by atoms with Gasteiger partial charge in [0.25, 0.3) is 15.2 Å². The first kappa shape index (κ1) is 17.3. The first-order valence-electron chi connectivity index (χ1n) is 6.93. The van der Waals surface area contributed by atoms with Crippen molar-refractivity contribution in [3.05, 3.63) is 41.9 Å². The number of nitrogens with one attached hydrogen (secondary N) is 1. The van der Waals surface area contributed by atoms with E-state index in [1.54, 1.807) is 19.9 Å². The molecule has 0 fully saturated rings. The predicted molar refractivity (Wildman–Crippen MR) is 88.9 cm³/mol. The standard InChI is InChI=1S/C13H14N6O4S2/c1-8-7-12-16-13(17-19(12)9(2)15-8)25(22,23)18-10-5-3-4-6-11(10)24(14,20)21/h3-7,18H,1-2H3,(H2,14,20,21). The van der Waals surface area contributed by atoms with Crippen molar-refractivity contribution in [1.29, 1.82) is 0 Å². The first-order chi connectivity index (χ1) is 11.6. The normalized spacial score (nSPS) is 12.4. The Labute approximate surface area is 143 Å². The van der Waals surface area contributed by atoms with Crippen LogP contribution in [0.25, 0.3) is 5.65 Å². The Bertz CT molecular complexity index is 1180. The molecule has 25 heavy (non-hydrogen) atoms. The lowest BCUT2D eigenvalue weighted by molar-refractivity contribution is 0.591. The summed E-state index contributed by atoms with van der Waals surface area (Å²) in [6.07, 6.45) is 0. The molecule has 0 unspecified atom stereocenters. The molecule has 0 bridgehead atoms. The van der Waals surface area contributed by atoms with Gasteiger partial charge in [-0.15, -0.1) is 5.10 Å². The number of sulfonamides is 2. The molecule has 2 heterocycles. The average molecular weight is 382 g/mol. The van der Waals surface area contributed by atoms with Crippen LogP contribution in [0.2, 0.25) is 0 Å². The second-order valence-electron chi connectivity index (χ2n) is 5.26. The molecule has 0 spiro atoms. The van der Waals surface area contributed by atoms with Gasteiger partial charge >= 0.3 is 0 Å². The number of hydrogen-bond donors (Lipinski definition) is 2. The zero-order valence-electron chi connectivity index (χ0n) is 13.2. The minimum absolute atomic E-state index is 0.185. The van der Waals surface area contributed by atoms with Crippen LogP contribution in [0.1, 0.15) is 11.5 Å². The van der Waals surface area contributed by atoms with E-state index < -0.39 is 25.2 Å². The van der Waals surface area contributed by atoms with Crippen LogP contribution in [0.5, 0.6) is 0 Å². The summed E-state index contributed by atoms with van der Waals surface area (Å²) in [6.45, 7) is 3.41. The molecule has 0 radical (unpaired) electrons. The van der Waals surface area contributed by atoms with Crippen molar-refractivity contribution in [3.63, 3.8) is 0 Å². The summed E-state index contributed by atoms with van der Waals surface area (Å²) in [5.41, 5.74) is 0.786. The van der Waals surface area contributed by atoms with Crippen LogP contribution in [0, 0.1) is 13.8 Å². The number of rotatable bonds is 4. The van der Waals surface area contributed by atoms with E-state index in [0.717, 1.165) is 0 Å². The van der Waals surface area contributed by atoms with Crippen LogP contribution in [0.3, 0.4) is 0 Å². The number of para-hydroxylation sites is 1. The molecule has 0 saturated heterocycles. The fourth-order valence-corrected chi connectivity index (χ4v) is 3.98. The predicted octanol–water partition coefficient (Wildman–Crippen LogP) is 0.189. The molecule has 10 nitrogen and oxygen atoms in total. The van der Waals surface area contributed by atoms with Crippen molar-refractivity contribution in [1.82, 2.24) is 19.6 Å². The van der Waals surface area contributed by atoms with E-state index in [9.17, 15) is 16.8 Å². The van der Waals surface area contributed by atoms with Crippen molar-refractivity contribution in [3.8, 4) is 0 Å². The van der Waals surface area contributed by atoms with Crippen molar-refractivity contribution in [2.75, 3.05) is 4.72 Å². The maximum Gasteiger partial charge on any atom is 0.299 e. The molecule has 0 aliphatic rings. The van der Waals surface area contributed by atoms with E-state index in [1.807, 2.05) is 0 Å². The Balaban J connectivity index is 2.09. The second kappa shape index (κ2) is 5.75. The molecule has 3 rings (SSSR count). The van der Waals surface area contributed by atoms with Crippen LogP contribution < -0.4 is 9.86 Å². The van der Waals surface area contributed by atoms with Crippen molar-refractivity contribution in [2.45, 2.75) is 23.9 Å². The second-order valence-corrected chi connectivity index (χ2v) is 8.36. The summed E-state index contributed by atoms with van der Waals surface area (Å²) in [7, 11) is -8.34. The Morgan fingerprint density at radius 2 is 1.76 bits per heavy atom. The number of benzene rings is 1. The van der Waals surface area contributed by atoms with E-state index in [1.165, 1.54) is 28.8 Å². The molecule has 3 N–H and O–H groups in total. The van der Waals surface area contributed by atoms with Crippen LogP contribution in [-0.4, -0.2) is 36.4 Å². The molecule has 132 valence electrons. The van der Waals surface area contributed by atoms with Crippen LogP contribution in [0.4, 0.5) is 5.69 Å². The highest BCUT2D eigenvalue weighted by molar-refractivity contribution is 7.92. The third kappa shape index (κ3) is 3.31. The molecule has 1 aromatic carbocycles. The fraction of sp³-hybridized carbons (Fsp3) is 0.154. The van der Waals surface area contributed by atoms with Gasteiger partial charge in [-0.25, -0.2) is 18.5 Å². The van der Waals surface area contributed by atoms with Gasteiger partial charge in [0.1, 0.15) is 10.7 Å². The minimum Gasteiger partial charge on any atom is -0.276 e. The maximum atomic E-state index is 12.5. The van der Waals surface area contributed by atoms with Gasteiger partial charge < -0.3 is 0 Å². The van der Waals surface area contributed by atoms with E-state index in [-0.39, 0.29) is 10.6 Å². The molecular weight excluding hydrogens is 368 g/mol. The lowest BCUT2D eigenvalue weighted by atomic mass is 10.3. The molecule has 3 aromatic rings. The Hall–Kier alpha value is -2.57. The Morgan fingerprint density at radius 1 is 1.08 bits per heavy atom. The SMILES string of the molecule is Cc1cc2nc(S(=O)(=O)Nc3ccccc3S(N)(=O)=O)nn2c(C)n1. The smallest absolute Gasteiger partial charge is 0.276 e. The highest BCUT2D eigenvalue weighted by atomic mass is 32.2. The number of nitrogens with two attached hydrogens (primary N) is 1. The van der Waals surface area contributed by atoms with E-state index in [0.29, 0.717) is 17.2 Å². The number of hydrogen-bond acceptors (Lipinski definition) is 7. The number of fused-ring (bicyclic) bond motifs is 1. The summed E-state index contributed by atoms with van der Waals surface area (Å²) >= 11 is 0. The topological polar surface area (TPSA) is 149 Å². The summed E-state index contributed by atoms with van der Waals surface area (Å²) in [5.74, 6) is 0.467. The van der Waals surface area contributed by atoms with Gasteiger partial charge in [0, 0.05) is 11.8 Å². The zero-order chi connectivity index (χ0) is 18.4. The largest absolute Gasteiger partial charge is 0.299 e. The van der Waals surface area contributed by atoms with Gasteiger partial charge in [-0.3, -0.25) is 4.72 Å². The molecule has 12 heteroatoms. The number of aryl methyl sites for hydroxylation is 2. The zero-order valence-corrected chi connectivity index (χ0v) is 14.8. The van der Waals surface area contributed by atoms with Crippen LogP contribution in [-0.2, 0) is 20.0 Å². The molecule has 0 saturated carbocycles. The van der Waals surface area contributed by atoms with E-state index >= 15 is 0 Å². The summed E-state index contributed by atoms with van der Waals surface area (Å²) < 4.78 is 51.7. The Kier molecular flexibility index (Phi) is 3.97. The number of primary sulfonamides is 1. The molecule has 0 amide bonds. The number of nitrogens with zero attached hydrogens (tertiary/aromatic N) is 4. The summed E-state index contributed by atoms with van der Waals surface area (Å²) in [5, 5.41) is 8.52. The highest BCUT2D eigenvalue weighted by Crippen LogP contribution is 2.22. The quantitative estimate of drug-likeness (QED) is 0.654. The van der Waals surface area contributed by atoms with E-state index in [2.05, 4.69) is 19.8 Å². The molecule has 2 aromatic heterocycles. The highest BCUT2D eigenvalue weighted by Gasteiger charge is 2.24. The molecule has 0 atom stereocenters. The van der Waals surface area contributed by atoms with Gasteiger partial charge in [-0.1, -0.05) is 12.1 Å². The Morgan fingerprint density at radius 3 is 2.44 bits per heavy atom. The monoisotopic (exact) mass is 382 g/mol. The van der Waals surface area contributed by atoms with Gasteiger partial charge in [0.05, 0.1) is 5.69 Å². The third-order valence-electron chi connectivity index (χ3n) is 3.27. The minimum atomic E-state index is -4.23. The molecule has 0 aliphatic carbocycles. The first-order valence-corrected chi connectivity index (χ1v) is 9.96. The van der Waals surface area contributed by atoms with Crippen molar-refractivity contribution >= 4 is 31.4 Å². The lowest BCUT2D eigenvalue weighted by Gasteiger charge is -2.09. The fourth-order valence-electron chi connectivity index (χ4n) is 2.26. The van der Waals surface area contributed by atoms with E-state index in [4.69, 9.17) is 5.14 Å².